The molecule has 4 rings (SSSR count). The highest BCUT2D eigenvalue weighted by molar-refractivity contribution is 7.98. The van der Waals surface area contributed by atoms with Crippen LogP contribution in [-0.4, -0.2) is 19.7 Å². The van der Waals surface area contributed by atoms with Crippen molar-refractivity contribution in [3.05, 3.63) is 47.2 Å². The third-order valence-corrected chi connectivity index (χ3v) is 6.75. The van der Waals surface area contributed by atoms with Crippen molar-refractivity contribution in [3.63, 3.8) is 0 Å². The lowest BCUT2D eigenvalue weighted by Gasteiger charge is -2.20. The average Bonchev–Trinajstić information content (AvgIpc) is 3.28. The zero-order chi connectivity index (χ0) is 17.1. The molecule has 1 aromatic carbocycles. The number of hydrogen-bond donors (Lipinski definition) is 0. The van der Waals surface area contributed by atoms with Gasteiger partial charge in [0.2, 0.25) is 0 Å². The molecule has 0 amide bonds. The summed E-state index contributed by atoms with van der Waals surface area (Å²) in [6, 6.07) is 10.4. The Labute approximate surface area is 156 Å². The Kier molecular flexibility index (Phi) is 5.17. The van der Waals surface area contributed by atoms with Crippen LogP contribution in [0.5, 0.6) is 0 Å². The van der Waals surface area contributed by atoms with Crippen LogP contribution in [-0.2, 0) is 12.8 Å². The van der Waals surface area contributed by atoms with E-state index in [2.05, 4.69) is 51.5 Å². The van der Waals surface area contributed by atoms with Gasteiger partial charge in [-0.05, 0) is 12.8 Å². The summed E-state index contributed by atoms with van der Waals surface area (Å²) in [5, 5.41) is 13.1. The average molecular weight is 371 g/mol. The molecule has 0 N–H and O–H groups in total. The van der Waals surface area contributed by atoms with Gasteiger partial charge in [0.25, 0.3) is 0 Å². The zero-order valence-corrected chi connectivity index (χ0v) is 16.0. The van der Waals surface area contributed by atoms with E-state index in [9.17, 15) is 0 Å². The normalized spacial score (nSPS) is 15.6. The van der Waals surface area contributed by atoms with Gasteiger partial charge in [-0.15, -0.1) is 21.5 Å². The van der Waals surface area contributed by atoms with Gasteiger partial charge in [-0.25, -0.2) is 4.98 Å². The van der Waals surface area contributed by atoms with Crippen LogP contribution in [0.25, 0.3) is 10.6 Å². The summed E-state index contributed by atoms with van der Waals surface area (Å²) in [5.74, 6) is 2.58. The summed E-state index contributed by atoms with van der Waals surface area (Å²) in [6.45, 7) is 0. The third-order valence-electron chi connectivity index (χ3n) is 4.76. The van der Waals surface area contributed by atoms with Gasteiger partial charge in [-0.3, -0.25) is 0 Å². The first-order valence-corrected chi connectivity index (χ1v) is 10.7. The fourth-order valence-corrected chi connectivity index (χ4v) is 5.14. The quantitative estimate of drug-likeness (QED) is 0.573. The molecule has 0 saturated heterocycles. The molecule has 0 aliphatic heterocycles. The number of thioether (sulfide) groups is 1. The van der Waals surface area contributed by atoms with Crippen molar-refractivity contribution in [1.29, 1.82) is 0 Å². The molecule has 1 aliphatic rings. The molecule has 2 aromatic heterocycles. The van der Waals surface area contributed by atoms with Gasteiger partial charge in [0, 0.05) is 29.7 Å². The highest BCUT2D eigenvalue weighted by atomic mass is 32.2. The van der Waals surface area contributed by atoms with E-state index in [1.807, 2.05) is 6.07 Å². The van der Waals surface area contributed by atoms with Gasteiger partial charge in [-0.2, -0.15) is 0 Å². The van der Waals surface area contributed by atoms with Gasteiger partial charge >= 0.3 is 0 Å². The van der Waals surface area contributed by atoms with E-state index in [1.165, 1.54) is 37.7 Å². The maximum absolute atomic E-state index is 4.76. The Morgan fingerprint density at radius 2 is 1.92 bits per heavy atom. The minimum atomic E-state index is 0.588. The van der Waals surface area contributed by atoms with Gasteiger partial charge in [-0.1, -0.05) is 61.4 Å². The Balaban J connectivity index is 1.42. The summed E-state index contributed by atoms with van der Waals surface area (Å²) < 4.78 is 2.19. The van der Waals surface area contributed by atoms with Crippen LogP contribution in [0.1, 0.15) is 49.5 Å². The van der Waals surface area contributed by atoms with Gasteiger partial charge in [0.1, 0.15) is 10.8 Å². The number of hydrogen-bond acceptors (Lipinski definition) is 5. The molecule has 25 heavy (non-hydrogen) atoms. The standard InChI is InChI=1S/C19H22N4S2/c1-23-17(14-8-4-2-5-9-14)21-22-19(23)25-13-16-12-24-18(20-16)15-10-6-3-7-11-15/h3,6-7,10-12,14H,2,4-5,8-9,13H2,1H3. The van der Waals surface area contributed by atoms with Gasteiger partial charge in [0.05, 0.1) is 5.69 Å². The highest BCUT2D eigenvalue weighted by Crippen LogP contribution is 2.33. The fourth-order valence-electron chi connectivity index (χ4n) is 3.39. The Bertz CT molecular complexity index is 819. The van der Waals surface area contributed by atoms with Crippen molar-refractivity contribution >= 4 is 23.1 Å². The summed E-state index contributed by atoms with van der Waals surface area (Å²) >= 11 is 3.43. The van der Waals surface area contributed by atoms with Crippen molar-refractivity contribution in [1.82, 2.24) is 19.7 Å². The van der Waals surface area contributed by atoms with Crippen LogP contribution in [0.2, 0.25) is 0 Å². The Morgan fingerprint density at radius 1 is 1.12 bits per heavy atom. The molecule has 1 saturated carbocycles. The summed E-state index contributed by atoms with van der Waals surface area (Å²) in [6.07, 6.45) is 6.51. The maximum Gasteiger partial charge on any atom is 0.191 e. The SMILES string of the molecule is Cn1c(SCc2csc(-c3ccccc3)n2)nnc1C1CCCCC1. The van der Waals surface area contributed by atoms with Crippen LogP contribution < -0.4 is 0 Å². The lowest BCUT2D eigenvalue weighted by molar-refractivity contribution is 0.418. The number of thiazole rings is 1. The molecule has 0 atom stereocenters. The Hall–Kier alpha value is -1.66. The summed E-state index contributed by atoms with van der Waals surface area (Å²) in [7, 11) is 2.10. The number of nitrogens with zero attached hydrogens (tertiary/aromatic N) is 4. The first kappa shape index (κ1) is 16.8. The molecular formula is C19H22N4S2. The predicted molar refractivity (Wildman–Crippen MR) is 104 cm³/mol. The van der Waals surface area contributed by atoms with E-state index in [0.717, 1.165) is 27.4 Å². The second-order valence-corrected chi connectivity index (χ2v) is 8.33. The molecule has 130 valence electrons. The van der Waals surface area contributed by atoms with Crippen LogP contribution in [0, 0.1) is 0 Å². The van der Waals surface area contributed by atoms with E-state index < -0.39 is 0 Å². The highest BCUT2D eigenvalue weighted by Gasteiger charge is 2.22. The number of benzene rings is 1. The molecule has 0 radical (unpaired) electrons. The van der Waals surface area contributed by atoms with Crippen molar-refractivity contribution in [3.8, 4) is 10.6 Å². The van der Waals surface area contributed by atoms with Gasteiger partial charge < -0.3 is 4.57 Å². The zero-order valence-electron chi connectivity index (χ0n) is 14.4. The maximum atomic E-state index is 4.76. The number of rotatable bonds is 5. The molecular weight excluding hydrogens is 348 g/mol. The van der Waals surface area contributed by atoms with E-state index in [0.29, 0.717) is 5.92 Å². The van der Waals surface area contributed by atoms with Gasteiger partial charge in [0.15, 0.2) is 5.16 Å². The molecule has 2 heterocycles. The van der Waals surface area contributed by atoms with Crippen LogP contribution in [0.4, 0.5) is 0 Å². The van der Waals surface area contributed by atoms with Crippen molar-refractivity contribution in [2.45, 2.75) is 48.9 Å². The second kappa shape index (κ2) is 7.70. The molecule has 1 fully saturated rings. The van der Waals surface area contributed by atoms with Crippen LogP contribution in [0.3, 0.4) is 0 Å². The van der Waals surface area contributed by atoms with Crippen molar-refractivity contribution in [2.75, 3.05) is 0 Å². The van der Waals surface area contributed by atoms with Crippen molar-refractivity contribution in [2.24, 2.45) is 7.05 Å². The lowest BCUT2D eigenvalue weighted by Crippen LogP contribution is -2.10. The predicted octanol–water partition coefficient (Wildman–Crippen LogP) is 5.28. The second-order valence-electron chi connectivity index (χ2n) is 6.53. The summed E-state index contributed by atoms with van der Waals surface area (Å²) in [5.41, 5.74) is 2.29. The molecule has 0 unspecified atom stereocenters. The largest absolute Gasteiger partial charge is 0.309 e. The molecule has 4 nitrogen and oxygen atoms in total. The van der Waals surface area contributed by atoms with E-state index >= 15 is 0 Å². The molecule has 6 heteroatoms. The lowest BCUT2D eigenvalue weighted by atomic mass is 9.89. The number of aromatic nitrogens is 4. The van der Waals surface area contributed by atoms with Crippen molar-refractivity contribution < 1.29 is 0 Å². The topological polar surface area (TPSA) is 43.6 Å². The van der Waals surface area contributed by atoms with Crippen LogP contribution in [0.15, 0.2) is 40.9 Å². The first-order chi connectivity index (χ1) is 12.3. The minimum absolute atomic E-state index is 0.588. The van der Waals surface area contributed by atoms with E-state index in [4.69, 9.17) is 4.98 Å². The first-order valence-electron chi connectivity index (χ1n) is 8.83. The third kappa shape index (κ3) is 3.80. The fraction of sp³-hybridized carbons (Fsp3) is 0.421. The molecule has 0 spiro atoms. The summed E-state index contributed by atoms with van der Waals surface area (Å²) in [4.78, 5) is 4.76. The minimum Gasteiger partial charge on any atom is -0.309 e. The molecule has 3 aromatic rings. The van der Waals surface area contributed by atoms with E-state index in [1.54, 1.807) is 23.1 Å². The van der Waals surface area contributed by atoms with Crippen LogP contribution >= 0.6 is 23.1 Å². The monoisotopic (exact) mass is 370 g/mol. The van der Waals surface area contributed by atoms with E-state index in [-0.39, 0.29) is 0 Å². The Morgan fingerprint density at radius 3 is 2.72 bits per heavy atom. The molecule has 1 aliphatic carbocycles. The molecule has 0 bridgehead atoms. The smallest absolute Gasteiger partial charge is 0.191 e.